The number of aromatic nitrogens is 2. The maximum atomic E-state index is 10.2. The molecular formula is C4H5N3O4S2. The summed E-state index contributed by atoms with van der Waals surface area (Å²) in [7, 11) is -4.57. The Morgan fingerprint density at radius 3 is 2.77 bits per heavy atom. The number of nitrogens with zero attached hydrogens (tertiary/aromatic N) is 1. The van der Waals surface area contributed by atoms with Gasteiger partial charge in [0.15, 0.2) is 0 Å². The molecule has 0 aliphatic rings. The van der Waals surface area contributed by atoms with Crippen molar-refractivity contribution in [1.82, 2.24) is 9.97 Å². The van der Waals surface area contributed by atoms with Crippen molar-refractivity contribution in [2.45, 2.75) is 0 Å². The Morgan fingerprint density at radius 2 is 2.31 bits per heavy atom. The van der Waals surface area contributed by atoms with Gasteiger partial charge in [-0.3, -0.25) is 9.54 Å². The number of aromatic amines is 1. The van der Waals surface area contributed by atoms with Crippen molar-refractivity contribution >= 4 is 28.6 Å². The smallest absolute Gasteiger partial charge is 0.369 e. The molecule has 13 heavy (non-hydrogen) atoms. The van der Waals surface area contributed by atoms with Gasteiger partial charge in [0.05, 0.1) is 0 Å². The van der Waals surface area contributed by atoms with E-state index in [1.807, 2.05) is 0 Å². The van der Waals surface area contributed by atoms with Crippen molar-refractivity contribution in [3.8, 4) is 5.88 Å². The van der Waals surface area contributed by atoms with E-state index in [1.54, 1.807) is 0 Å². The van der Waals surface area contributed by atoms with E-state index in [2.05, 4.69) is 26.4 Å². The molecule has 7 nitrogen and oxygen atoms in total. The first-order chi connectivity index (χ1) is 5.87. The Balaban J connectivity index is 3.10. The number of hydrogen-bond donors (Lipinski definition) is 3. The van der Waals surface area contributed by atoms with Gasteiger partial charge >= 0.3 is 10.4 Å². The van der Waals surface area contributed by atoms with Gasteiger partial charge in [-0.05, 0) is 0 Å². The average molecular weight is 223 g/mol. The molecule has 1 rings (SSSR count). The molecule has 72 valence electrons. The molecule has 0 radical (unpaired) electrons. The molecule has 0 atom stereocenters. The highest BCUT2D eigenvalue weighted by molar-refractivity contribution is 7.81. The minimum atomic E-state index is -4.57. The van der Waals surface area contributed by atoms with Crippen LogP contribution in [0.25, 0.3) is 0 Å². The van der Waals surface area contributed by atoms with Gasteiger partial charge in [-0.15, -0.1) is 0 Å². The number of nitrogens with two attached hydrogens (primary N) is 1. The molecule has 0 bridgehead atoms. The summed E-state index contributed by atoms with van der Waals surface area (Å²) in [6.45, 7) is 0. The molecule has 0 aliphatic heterocycles. The molecule has 1 aromatic heterocycles. The molecule has 0 aliphatic carbocycles. The van der Waals surface area contributed by atoms with Crippen LogP contribution in [0, 0.1) is 4.64 Å². The fourth-order valence-electron chi connectivity index (χ4n) is 0.612. The van der Waals surface area contributed by atoms with Crippen LogP contribution in [0.4, 0.5) is 5.95 Å². The van der Waals surface area contributed by atoms with Crippen LogP contribution in [0.3, 0.4) is 0 Å². The number of anilines is 1. The minimum absolute atomic E-state index is 0.0508. The quantitative estimate of drug-likeness (QED) is 0.473. The van der Waals surface area contributed by atoms with Gasteiger partial charge < -0.3 is 9.92 Å². The minimum Gasteiger partial charge on any atom is -0.369 e. The Kier molecular flexibility index (Phi) is 2.50. The third-order valence-electron chi connectivity index (χ3n) is 0.932. The lowest BCUT2D eigenvalue weighted by Crippen LogP contribution is -2.09. The van der Waals surface area contributed by atoms with Crippen LogP contribution in [0.2, 0.25) is 0 Å². The van der Waals surface area contributed by atoms with E-state index in [0.29, 0.717) is 0 Å². The first kappa shape index (κ1) is 9.89. The van der Waals surface area contributed by atoms with Crippen LogP contribution in [0.1, 0.15) is 0 Å². The molecule has 9 heteroatoms. The third-order valence-corrected chi connectivity index (χ3v) is 1.53. The highest BCUT2D eigenvalue weighted by Gasteiger charge is 2.07. The van der Waals surface area contributed by atoms with Crippen molar-refractivity contribution in [1.29, 1.82) is 0 Å². The monoisotopic (exact) mass is 223 g/mol. The van der Waals surface area contributed by atoms with Crippen LogP contribution in [0.5, 0.6) is 5.88 Å². The van der Waals surface area contributed by atoms with E-state index in [1.165, 1.54) is 0 Å². The first-order valence-corrected chi connectivity index (χ1v) is 4.68. The van der Waals surface area contributed by atoms with Crippen LogP contribution >= 0.6 is 12.2 Å². The maximum absolute atomic E-state index is 10.2. The largest absolute Gasteiger partial charge is 0.447 e. The summed E-state index contributed by atoms with van der Waals surface area (Å²) in [6.07, 6.45) is 0. The third kappa shape index (κ3) is 3.36. The summed E-state index contributed by atoms with van der Waals surface area (Å²) >= 11 is 4.61. The van der Waals surface area contributed by atoms with Crippen molar-refractivity contribution in [3.63, 3.8) is 0 Å². The Labute approximate surface area is 78.5 Å². The van der Waals surface area contributed by atoms with Crippen LogP contribution in [-0.2, 0) is 10.4 Å². The summed E-state index contributed by atoms with van der Waals surface area (Å²) in [6, 6.07) is 1.10. The fraction of sp³-hybridized carbons (Fsp3) is 0. The van der Waals surface area contributed by atoms with Crippen LogP contribution < -0.4 is 9.92 Å². The lowest BCUT2D eigenvalue weighted by molar-refractivity contribution is 0.381. The summed E-state index contributed by atoms with van der Waals surface area (Å²) in [5.41, 5.74) is 5.19. The van der Waals surface area contributed by atoms with Gasteiger partial charge in [0.25, 0.3) is 0 Å². The van der Waals surface area contributed by atoms with Crippen LogP contribution in [-0.4, -0.2) is 22.9 Å². The number of H-pyrrole nitrogens is 1. The molecule has 0 spiro atoms. The van der Waals surface area contributed by atoms with Crippen LogP contribution in [0.15, 0.2) is 6.07 Å². The van der Waals surface area contributed by atoms with Crippen molar-refractivity contribution in [2.24, 2.45) is 0 Å². The molecule has 0 saturated heterocycles. The molecule has 0 aromatic carbocycles. The van der Waals surface area contributed by atoms with E-state index in [-0.39, 0.29) is 16.5 Å². The topological polar surface area (TPSA) is 118 Å². The maximum Gasteiger partial charge on any atom is 0.447 e. The highest BCUT2D eigenvalue weighted by Crippen LogP contribution is 2.09. The number of rotatable bonds is 2. The van der Waals surface area contributed by atoms with Crippen molar-refractivity contribution in [3.05, 3.63) is 10.7 Å². The van der Waals surface area contributed by atoms with Gasteiger partial charge in [0.2, 0.25) is 11.8 Å². The van der Waals surface area contributed by atoms with Crippen molar-refractivity contribution < 1.29 is 17.2 Å². The molecule has 0 fully saturated rings. The number of nitrogen functional groups attached to an aromatic ring is 1. The Bertz CT molecular complexity index is 465. The zero-order valence-electron chi connectivity index (χ0n) is 6.09. The fourth-order valence-corrected chi connectivity index (χ4v) is 1.13. The van der Waals surface area contributed by atoms with Gasteiger partial charge in [-0.1, -0.05) is 12.2 Å². The Hall–Kier alpha value is -1.19. The standard InChI is InChI=1S/C4H5N3O4S2/c5-4-6-2(1-3(12)7-4)11-13(8,9)10/h1H,(H,8,9,10)(H3,5,6,7,12). The lowest BCUT2D eigenvalue weighted by Gasteiger charge is -2.01. The zero-order chi connectivity index (χ0) is 10.1. The molecular weight excluding hydrogens is 218 g/mol. The summed E-state index contributed by atoms with van der Waals surface area (Å²) < 4.78 is 32.9. The van der Waals surface area contributed by atoms with Gasteiger partial charge in [0, 0.05) is 6.07 Å². The predicted molar refractivity (Wildman–Crippen MR) is 46.0 cm³/mol. The second-order valence-corrected chi connectivity index (χ2v) is 3.42. The molecule has 4 N–H and O–H groups in total. The van der Waals surface area contributed by atoms with Gasteiger partial charge in [-0.25, -0.2) is 4.98 Å². The van der Waals surface area contributed by atoms with E-state index < -0.39 is 10.4 Å². The van der Waals surface area contributed by atoms with E-state index in [9.17, 15) is 8.42 Å². The van der Waals surface area contributed by atoms with Gasteiger partial charge in [0.1, 0.15) is 4.64 Å². The van der Waals surface area contributed by atoms with E-state index in [0.717, 1.165) is 6.07 Å². The zero-order valence-corrected chi connectivity index (χ0v) is 7.72. The molecule has 1 heterocycles. The first-order valence-electron chi connectivity index (χ1n) is 2.90. The summed E-state index contributed by atoms with van der Waals surface area (Å²) in [5, 5.41) is 0. The second-order valence-electron chi connectivity index (χ2n) is 1.98. The SMILES string of the molecule is Nc1nc(=S)cc(OS(=O)(=O)O)[nH]1. The van der Waals surface area contributed by atoms with E-state index in [4.69, 9.17) is 10.3 Å². The summed E-state index contributed by atoms with van der Waals surface area (Å²) in [5.74, 6) is -0.397. The normalized spacial score (nSPS) is 11.2. The average Bonchev–Trinajstić information content (AvgIpc) is 1.78. The van der Waals surface area contributed by atoms with Crippen molar-refractivity contribution in [2.75, 3.05) is 5.73 Å². The van der Waals surface area contributed by atoms with E-state index >= 15 is 0 Å². The molecule has 0 saturated carbocycles. The second kappa shape index (κ2) is 3.28. The lowest BCUT2D eigenvalue weighted by atomic mass is 10.6. The summed E-state index contributed by atoms with van der Waals surface area (Å²) in [4.78, 5) is 5.79. The Morgan fingerprint density at radius 1 is 1.69 bits per heavy atom. The molecule has 1 aromatic rings. The number of nitrogens with one attached hydrogen (secondary N) is 1. The number of hydrogen-bond acceptors (Lipinski definition) is 6. The predicted octanol–water partition coefficient (Wildman–Crippen LogP) is -0.0970. The highest BCUT2D eigenvalue weighted by atomic mass is 32.3. The van der Waals surface area contributed by atoms with Gasteiger partial charge in [-0.2, -0.15) is 8.42 Å². The molecule has 0 unspecified atom stereocenters. The molecule has 0 amide bonds.